The Labute approximate surface area is 86.6 Å². The van der Waals surface area contributed by atoms with Gasteiger partial charge in [0.2, 0.25) is 0 Å². The highest BCUT2D eigenvalue weighted by Gasteiger charge is 1.92. The molecule has 0 unspecified atom stereocenters. The van der Waals surface area contributed by atoms with Crippen molar-refractivity contribution >= 4 is 23.5 Å². The van der Waals surface area contributed by atoms with E-state index in [9.17, 15) is 0 Å². The lowest BCUT2D eigenvalue weighted by molar-refractivity contribution is 1.50. The smallest absolute Gasteiger partial charge is 0.0336 e. The lowest BCUT2D eigenvalue weighted by Crippen LogP contribution is -1.63. The SMILES string of the molecule is C=Cc1ccsc1C=C.CC.CC. The summed E-state index contributed by atoms with van der Waals surface area (Å²) >= 11 is 1.68. The Morgan fingerprint density at radius 3 is 1.92 bits per heavy atom. The molecule has 0 fully saturated rings. The van der Waals surface area contributed by atoms with Crippen molar-refractivity contribution in [3.63, 3.8) is 0 Å². The highest BCUT2D eigenvalue weighted by molar-refractivity contribution is 7.11. The number of hydrogen-bond donors (Lipinski definition) is 0. The van der Waals surface area contributed by atoms with Crippen LogP contribution in [0.1, 0.15) is 38.1 Å². The van der Waals surface area contributed by atoms with Crippen LogP contribution in [0.4, 0.5) is 0 Å². The van der Waals surface area contributed by atoms with Gasteiger partial charge >= 0.3 is 0 Å². The Morgan fingerprint density at radius 2 is 1.62 bits per heavy atom. The lowest BCUT2D eigenvalue weighted by atomic mass is 10.2. The van der Waals surface area contributed by atoms with Crippen molar-refractivity contribution in [1.82, 2.24) is 0 Å². The van der Waals surface area contributed by atoms with Crippen molar-refractivity contribution in [1.29, 1.82) is 0 Å². The zero-order chi connectivity index (χ0) is 10.7. The molecule has 0 atom stereocenters. The van der Waals surface area contributed by atoms with E-state index in [1.54, 1.807) is 11.3 Å². The average Bonchev–Trinajstić information content (AvgIpc) is 2.70. The molecule has 0 amide bonds. The Kier molecular flexibility index (Phi) is 12.6. The first-order chi connectivity index (χ1) is 6.38. The standard InChI is InChI=1S/C8H8S.2C2H6/c1-3-7-5-6-9-8(7)4-2;2*1-2/h3-6H,1-2H2;2*1-2H3. The molecule has 74 valence electrons. The summed E-state index contributed by atoms with van der Waals surface area (Å²) in [5.41, 5.74) is 1.18. The van der Waals surface area contributed by atoms with Crippen LogP contribution < -0.4 is 0 Å². The van der Waals surface area contributed by atoms with Gasteiger partial charge in [-0.05, 0) is 17.0 Å². The molecular formula is C12H20S. The Hall–Kier alpha value is -0.820. The fourth-order valence-electron chi connectivity index (χ4n) is 0.665. The van der Waals surface area contributed by atoms with Crippen LogP contribution in [0.2, 0.25) is 0 Å². The average molecular weight is 196 g/mol. The quantitative estimate of drug-likeness (QED) is 0.618. The van der Waals surface area contributed by atoms with Gasteiger partial charge in [-0.15, -0.1) is 11.3 Å². The summed E-state index contributed by atoms with van der Waals surface area (Å²) in [5.74, 6) is 0. The molecule has 1 heteroatoms. The Morgan fingerprint density at radius 1 is 1.08 bits per heavy atom. The van der Waals surface area contributed by atoms with Gasteiger partial charge in [0.25, 0.3) is 0 Å². The summed E-state index contributed by atoms with van der Waals surface area (Å²) < 4.78 is 0. The molecule has 0 saturated carbocycles. The molecule has 0 aliphatic carbocycles. The lowest BCUT2D eigenvalue weighted by Gasteiger charge is -1.85. The van der Waals surface area contributed by atoms with Crippen LogP contribution in [0.25, 0.3) is 12.2 Å². The largest absolute Gasteiger partial charge is 0.144 e. The van der Waals surface area contributed by atoms with Crippen molar-refractivity contribution in [3.05, 3.63) is 35.0 Å². The molecule has 1 heterocycles. The molecule has 0 radical (unpaired) electrons. The fourth-order valence-corrected chi connectivity index (χ4v) is 1.41. The third-order valence-electron chi connectivity index (χ3n) is 1.13. The second-order valence-electron chi connectivity index (χ2n) is 1.65. The summed E-state index contributed by atoms with van der Waals surface area (Å²) in [6.07, 6.45) is 3.69. The summed E-state index contributed by atoms with van der Waals surface area (Å²) in [5, 5.41) is 2.04. The van der Waals surface area contributed by atoms with Gasteiger partial charge in [-0.3, -0.25) is 0 Å². The van der Waals surface area contributed by atoms with E-state index < -0.39 is 0 Å². The van der Waals surface area contributed by atoms with E-state index in [4.69, 9.17) is 0 Å². The van der Waals surface area contributed by atoms with Crippen LogP contribution in [-0.2, 0) is 0 Å². The van der Waals surface area contributed by atoms with Crippen LogP contribution in [0.5, 0.6) is 0 Å². The maximum absolute atomic E-state index is 3.67. The molecule has 0 aliphatic rings. The Balaban J connectivity index is 0. The molecule has 0 aromatic carbocycles. The van der Waals surface area contributed by atoms with E-state index in [0.29, 0.717) is 0 Å². The number of rotatable bonds is 2. The summed E-state index contributed by atoms with van der Waals surface area (Å²) in [6, 6.07) is 2.04. The zero-order valence-electron chi connectivity index (χ0n) is 9.13. The molecule has 13 heavy (non-hydrogen) atoms. The highest BCUT2D eigenvalue weighted by atomic mass is 32.1. The summed E-state index contributed by atoms with van der Waals surface area (Å²) in [4.78, 5) is 1.20. The van der Waals surface area contributed by atoms with Gasteiger partial charge in [-0.1, -0.05) is 53.0 Å². The second-order valence-corrected chi connectivity index (χ2v) is 2.60. The highest BCUT2D eigenvalue weighted by Crippen LogP contribution is 2.18. The summed E-state index contributed by atoms with van der Waals surface area (Å²) in [6.45, 7) is 15.3. The predicted molar refractivity (Wildman–Crippen MR) is 67.2 cm³/mol. The third kappa shape index (κ3) is 5.42. The molecule has 1 rings (SSSR count). The molecule has 0 spiro atoms. The topological polar surface area (TPSA) is 0 Å². The van der Waals surface area contributed by atoms with E-state index in [-0.39, 0.29) is 0 Å². The molecule has 1 aromatic heterocycles. The van der Waals surface area contributed by atoms with Gasteiger partial charge in [0, 0.05) is 4.88 Å². The maximum atomic E-state index is 3.67. The van der Waals surface area contributed by atoms with Crippen LogP contribution >= 0.6 is 11.3 Å². The van der Waals surface area contributed by atoms with Gasteiger partial charge in [0.1, 0.15) is 0 Å². The molecule has 0 nitrogen and oxygen atoms in total. The molecule has 0 aliphatic heterocycles. The molecule has 1 aromatic rings. The first-order valence-corrected chi connectivity index (χ1v) is 5.59. The molecular weight excluding hydrogens is 176 g/mol. The van der Waals surface area contributed by atoms with Crippen LogP contribution in [-0.4, -0.2) is 0 Å². The zero-order valence-corrected chi connectivity index (χ0v) is 9.95. The van der Waals surface area contributed by atoms with Gasteiger partial charge < -0.3 is 0 Å². The van der Waals surface area contributed by atoms with E-state index in [1.807, 2.05) is 51.3 Å². The van der Waals surface area contributed by atoms with E-state index >= 15 is 0 Å². The number of thiophene rings is 1. The van der Waals surface area contributed by atoms with Crippen molar-refractivity contribution in [2.24, 2.45) is 0 Å². The summed E-state index contributed by atoms with van der Waals surface area (Å²) in [7, 11) is 0. The minimum Gasteiger partial charge on any atom is -0.144 e. The molecule has 0 saturated heterocycles. The van der Waals surface area contributed by atoms with Crippen molar-refractivity contribution in [2.45, 2.75) is 27.7 Å². The van der Waals surface area contributed by atoms with E-state index in [2.05, 4.69) is 13.2 Å². The van der Waals surface area contributed by atoms with E-state index in [0.717, 1.165) is 0 Å². The normalized spacial score (nSPS) is 7.08. The minimum absolute atomic E-state index is 1.18. The van der Waals surface area contributed by atoms with Gasteiger partial charge in [-0.25, -0.2) is 0 Å². The van der Waals surface area contributed by atoms with Crippen molar-refractivity contribution in [3.8, 4) is 0 Å². The van der Waals surface area contributed by atoms with Gasteiger partial charge in [0.05, 0.1) is 0 Å². The van der Waals surface area contributed by atoms with Crippen LogP contribution in [0, 0.1) is 0 Å². The fraction of sp³-hybridized carbons (Fsp3) is 0.333. The van der Waals surface area contributed by atoms with Gasteiger partial charge in [0.15, 0.2) is 0 Å². The monoisotopic (exact) mass is 196 g/mol. The first-order valence-electron chi connectivity index (χ1n) is 4.71. The van der Waals surface area contributed by atoms with Crippen molar-refractivity contribution < 1.29 is 0 Å². The minimum atomic E-state index is 1.18. The van der Waals surface area contributed by atoms with Gasteiger partial charge in [-0.2, -0.15) is 0 Å². The predicted octanol–water partition coefficient (Wildman–Crippen LogP) is 5.09. The Bertz CT molecular complexity index is 198. The van der Waals surface area contributed by atoms with E-state index in [1.165, 1.54) is 10.4 Å². The van der Waals surface area contributed by atoms with Crippen LogP contribution in [0.15, 0.2) is 24.6 Å². The van der Waals surface area contributed by atoms with Crippen molar-refractivity contribution in [2.75, 3.05) is 0 Å². The number of hydrogen-bond acceptors (Lipinski definition) is 1. The second kappa shape index (κ2) is 11.2. The molecule has 0 N–H and O–H groups in total. The first kappa shape index (κ1) is 14.7. The molecule has 0 bridgehead atoms. The maximum Gasteiger partial charge on any atom is 0.0336 e. The third-order valence-corrected chi connectivity index (χ3v) is 2.06. The van der Waals surface area contributed by atoms with Crippen LogP contribution in [0.3, 0.4) is 0 Å².